The minimum atomic E-state index is -0.589. The first-order chi connectivity index (χ1) is 9.56. The number of hydrogen-bond donors (Lipinski definition) is 2. The van der Waals surface area contributed by atoms with E-state index in [0.29, 0.717) is 6.42 Å². The molecular weight excluding hydrogens is 254 g/mol. The molecule has 0 spiro atoms. The minimum Gasteiger partial charge on any atom is -0.456 e. The van der Waals surface area contributed by atoms with Crippen LogP contribution in [0.4, 0.5) is 0 Å². The molecule has 0 saturated carbocycles. The van der Waals surface area contributed by atoms with Gasteiger partial charge in [0.2, 0.25) is 0 Å². The first-order valence-electron chi connectivity index (χ1n) is 6.70. The Morgan fingerprint density at radius 2 is 2.10 bits per heavy atom. The van der Waals surface area contributed by atoms with Crippen molar-refractivity contribution < 1.29 is 14.3 Å². The second-order valence-corrected chi connectivity index (χ2v) is 5.27. The summed E-state index contributed by atoms with van der Waals surface area (Å²) in [5.74, 6) is 0.737. The van der Waals surface area contributed by atoms with Gasteiger partial charge in [-0.3, -0.25) is 4.79 Å². The summed E-state index contributed by atoms with van der Waals surface area (Å²) < 4.78 is 5.42. The summed E-state index contributed by atoms with van der Waals surface area (Å²) in [7, 11) is 0. The maximum Gasteiger partial charge on any atom is 0.287 e. The molecule has 1 heterocycles. The number of aliphatic hydroxyl groups is 1. The number of carbonyl (C=O) groups is 1. The number of nitrogens with one attached hydrogen (secondary N) is 1. The van der Waals surface area contributed by atoms with E-state index in [0.717, 1.165) is 22.5 Å². The Morgan fingerprint density at radius 3 is 2.80 bits per heavy atom. The van der Waals surface area contributed by atoms with Crippen molar-refractivity contribution in [1.82, 2.24) is 5.32 Å². The number of aryl methyl sites for hydroxylation is 2. The highest BCUT2D eigenvalue weighted by molar-refractivity contribution is 5.92. The van der Waals surface area contributed by atoms with Crippen molar-refractivity contribution in [2.24, 2.45) is 0 Å². The van der Waals surface area contributed by atoms with Crippen LogP contribution >= 0.6 is 0 Å². The summed E-state index contributed by atoms with van der Waals surface area (Å²) in [6.45, 7) is 3.72. The van der Waals surface area contributed by atoms with Gasteiger partial charge in [0.1, 0.15) is 5.76 Å². The lowest BCUT2D eigenvalue weighted by atomic mass is 10.1. The van der Waals surface area contributed by atoms with Crippen LogP contribution in [0.3, 0.4) is 0 Å². The Kier molecular flexibility index (Phi) is 3.10. The number of carbonyl (C=O) groups excluding carboxylic acids is 1. The molecule has 104 valence electrons. The SMILES string of the molecule is Cc1cc(C(=O)NC2c3ccccc3CC2O)oc1C. The van der Waals surface area contributed by atoms with E-state index in [1.807, 2.05) is 38.1 Å². The van der Waals surface area contributed by atoms with E-state index in [9.17, 15) is 9.90 Å². The van der Waals surface area contributed by atoms with Crippen LogP contribution in [0.1, 0.15) is 39.0 Å². The fourth-order valence-corrected chi connectivity index (χ4v) is 2.65. The molecule has 1 amide bonds. The number of benzene rings is 1. The molecule has 2 aromatic rings. The van der Waals surface area contributed by atoms with Gasteiger partial charge in [0.25, 0.3) is 5.91 Å². The molecule has 2 atom stereocenters. The van der Waals surface area contributed by atoms with Gasteiger partial charge in [0.05, 0.1) is 12.1 Å². The third-order valence-corrected chi connectivity index (χ3v) is 3.88. The van der Waals surface area contributed by atoms with E-state index in [1.165, 1.54) is 0 Å². The van der Waals surface area contributed by atoms with Crippen molar-refractivity contribution in [2.75, 3.05) is 0 Å². The summed E-state index contributed by atoms with van der Waals surface area (Å²) in [5.41, 5.74) is 3.01. The van der Waals surface area contributed by atoms with E-state index in [4.69, 9.17) is 4.42 Å². The molecular formula is C16H17NO3. The van der Waals surface area contributed by atoms with Crippen molar-refractivity contribution in [1.29, 1.82) is 0 Å². The zero-order valence-electron chi connectivity index (χ0n) is 11.5. The van der Waals surface area contributed by atoms with Gasteiger partial charge in [0, 0.05) is 6.42 Å². The lowest BCUT2D eigenvalue weighted by molar-refractivity contribution is 0.0830. The number of hydrogen-bond acceptors (Lipinski definition) is 3. The van der Waals surface area contributed by atoms with Gasteiger partial charge in [-0.05, 0) is 36.6 Å². The average Bonchev–Trinajstić information content (AvgIpc) is 2.91. The maximum atomic E-state index is 12.2. The van der Waals surface area contributed by atoms with E-state index in [1.54, 1.807) is 6.07 Å². The van der Waals surface area contributed by atoms with Gasteiger partial charge in [-0.15, -0.1) is 0 Å². The van der Waals surface area contributed by atoms with Crippen molar-refractivity contribution in [3.8, 4) is 0 Å². The molecule has 3 rings (SSSR count). The van der Waals surface area contributed by atoms with E-state index in [2.05, 4.69) is 5.32 Å². The fourth-order valence-electron chi connectivity index (χ4n) is 2.65. The summed E-state index contributed by atoms with van der Waals surface area (Å²) >= 11 is 0. The second-order valence-electron chi connectivity index (χ2n) is 5.27. The van der Waals surface area contributed by atoms with Crippen molar-refractivity contribution >= 4 is 5.91 Å². The minimum absolute atomic E-state index is 0.289. The van der Waals surface area contributed by atoms with Crippen molar-refractivity contribution in [3.05, 3.63) is 58.5 Å². The Balaban J connectivity index is 1.83. The molecule has 0 aliphatic heterocycles. The molecule has 1 aromatic carbocycles. The van der Waals surface area contributed by atoms with E-state index < -0.39 is 6.10 Å². The predicted octanol–water partition coefficient (Wildman–Crippen LogP) is 2.28. The molecule has 0 radical (unpaired) electrons. The summed E-state index contributed by atoms with van der Waals surface area (Å²) in [6, 6.07) is 9.12. The normalized spacial score (nSPS) is 20.8. The van der Waals surface area contributed by atoms with Crippen LogP contribution in [0.25, 0.3) is 0 Å². The van der Waals surface area contributed by atoms with Crippen molar-refractivity contribution in [2.45, 2.75) is 32.4 Å². The highest BCUT2D eigenvalue weighted by atomic mass is 16.3. The van der Waals surface area contributed by atoms with Gasteiger partial charge in [-0.1, -0.05) is 24.3 Å². The topological polar surface area (TPSA) is 62.5 Å². The van der Waals surface area contributed by atoms with Gasteiger partial charge in [-0.2, -0.15) is 0 Å². The fraction of sp³-hybridized carbons (Fsp3) is 0.312. The Hall–Kier alpha value is -2.07. The van der Waals surface area contributed by atoms with Crippen LogP contribution in [0.5, 0.6) is 0 Å². The molecule has 0 saturated heterocycles. The summed E-state index contributed by atoms with van der Waals surface area (Å²) in [5, 5.41) is 13.0. The Bertz CT molecular complexity index is 640. The average molecular weight is 271 g/mol. The monoisotopic (exact) mass is 271 g/mol. The highest BCUT2D eigenvalue weighted by Crippen LogP contribution is 2.31. The molecule has 0 fully saturated rings. The lowest BCUT2D eigenvalue weighted by Crippen LogP contribution is -2.33. The molecule has 2 N–H and O–H groups in total. The van der Waals surface area contributed by atoms with Crippen LogP contribution in [0.2, 0.25) is 0 Å². The number of furan rings is 1. The molecule has 1 aliphatic rings. The van der Waals surface area contributed by atoms with Crippen LogP contribution < -0.4 is 5.32 Å². The molecule has 20 heavy (non-hydrogen) atoms. The summed E-state index contributed by atoms with van der Waals surface area (Å²) in [6.07, 6.45) is -0.0226. The summed E-state index contributed by atoms with van der Waals surface area (Å²) in [4.78, 5) is 12.2. The first kappa shape index (κ1) is 12.9. The number of rotatable bonds is 2. The third-order valence-electron chi connectivity index (χ3n) is 3.88. The largest absolute Gasteiger partial charge is 0.456 e. The first-order valence-corrected chi connectivity index (χ1v) is 6.70. The van der Waals surface area contributed by atoms with Crippen LogP contribution in [0, 0.1) is 13.8 Å². The number of amides is 1. The van der Waals surface area contributed by atoms with Gasteiger partial charge in [-0.25, -0.2) is 0 Å². The van der Waals surface area contributed by atoms with Gasteiger partial charge < -0.3 is 14.8 Å². The molecule has 4 heteroatoms. The molecule has 0 bridgehead atoms. The predicted molar refractivity (Wildman–Crippen MR) is 74.5 cm³/mol. The maximum absolute atomic E-state index is 12.2. The second kappa shape index (κ2) is 4.80. The zero-order chi connectivity index (χ0) is 14.3. The Labute approximate surface area is 117 Å². The van der Waals surface area contributed by atoms with Crippen molar-refractivity contribution in [3.63, 3.8) is 0 Å². The van der Waals surface area contributed by atoms with Crippen LogP contribution in [-0.4, -0.2) is 17.1 Å². The van der Waals surface area contributed by atoms with Crippen LogP contribution in [0.15, 0.2) is 34.7 Å². The van der Waals surface area contributed by atoms with Gasteiger partial charge >= 0.3 is 0 Å². The molecule has 1 aromatic heterocycles. The van der Waals surface area contributed by atoms with E-state index in [-0.39, 0.29) is 17.7 Å². The third kappa shape index (κ3) is 2.12. The Morgan fingerprint density at radius 1 is 1.35 bits per heavy atom. The highest BCUT2D eigenvalue weighted by Gasteiger charge is 2.32. The quantitative estimate of drug-likeness (QED) is 0.881. The lowest BCUT2D eigenvalue weighted by Gasteiger charge is -2.17. The smallest absolute Gasteiger partial charge is 0.287 e. The van der Waals surface area contributed by atoms with E-state index >= 15 is 0 Å². The van der Waals surface area contributed by atoms with Gasteiger partial charge in [0.15, 0.2) is 5.76 Å². The number of aliphatic hydroxyl groups excluding tert-OH is 1. The van der Waals surface area contributed by atoms with Crippen LogP contribution in [-0.2, 0) is 6.42 Å². The molecule has 2 unspecified atom stereocenters. The number of fused-ring (bicyclic) bond motifs is 1. The molecule has 1 aliphatic carbocycles. The standard InChI is InChI=1S/C16H17NO3/c1-9-7-14(20-10(9)2)16(19)17-15-12-6-4-3-5-11(12)8-13(15)18/h3-7,13,15,18H,8H2,1-2H3,(H,17,19). The molecule has 4 nitrogen and oxygen atoms in total. The zero-order valence-corrected chi connectivity index (χ0v) is 11.5.